The molecule has 29 nitrogen and oxygen atoms in total. The number of nitrogens with zero attached hydrogens (tertiary/aromatic N) is 10. The number of likely N-dealkylation sites (N-methyl/N-ethyl adjacent to an activating group) is 1. The van der Waals surface area contributed by atoms with Crippen LogP contribution in [0.25, 0.3) is 0 Å². The first kappa shape index (κ1) is 93.1. The van der Waals surface area contributed by atoms with Crippen LogP contribution >= 0.6 is 0 Å². The molecule has 0 aliphatic carbocycles. The average Bonchev–Trinajstić information content (AvgIpc) is 0.839. The molecule has 125 heavy (non-hydrogen) atoms. The minimum absolute atomic E-state index is 0.00844. The van der Waals surface area contributed by atoms with E-state index in [1.807, 2.05) is 162 Å². The number of carbonyl (C=O) groups is 3. The minimum atomic E-state index is -1.14. The van der Waals surface area contributed by atoms with Gasteiger partial charge in [-0.1, -0.05) is 79.3 Å². The van der Waals surface area contributed by atoms with Gasteiger partial charge in [-0.15, -0.1) is 6.42 Å². The third-order valence-electron chi connectivity index (χ3n) is 16.7. The predicted octanol–water partition coefficient (Wildman–Crippen LogP) is 18.4. The number of terminal acetylenes is 1. The van der Waals surface area contributed by atoms with Crippen LogP contribution in [0.1, 0.15) is 60.8 Å². The summed E-state index contributed by atoms with van der Waals surface area (Å²) in [7, 11) is 5.49. The van der Waals surface area contributed by atoms with Gasteiger partial charge in [0.05, 0.1) is 36.2 Å². The lowest BCUT2D eigenvalue weighted by Crippen LogP contribution is -2.27. The number of methoxy groups -OCH3 is 1. The maximum Gasteiger partial charge on any atom is 0.248 e. The van der Waals surface area contributed by atoms with Crippen LogP contribution in [0.5, 0.6) is 17.2 Å². The van der Waals surface area contributed by atoms with Crippen molar-refractivity contribution in [3.05, 3.63) is 307 Å². The molecule has 4 aromatic heterocycles. The molecule has 0 aliphatic heterocycles. The SMILES string of the molecule is C#CCOc1cccc(Nc2ncc(C)c(Nc3cccc(NC(=O)/C=C/CN(C)C)c3)n2)c1.C=C(C#N)C(O)c1cccc(Nc2nc(Nc3ccc(OCCOC)cc3)ncc2F)c1.C=CC(=O)Nc1cccc(Nc2nc(Nc3ccc(OCC(C)(C)O)cc3)ncc2F)c1.CC(C)=CC(=O)c1ccc(Nc2nc(Nc3ccccc3)ncc2C)cc1. The maximum atomic E-state index is 14.3. The number of aromatic nitrogens is 8. The van der Waals surface area contributed by atoms with Crippen molar-refractivity contribution in [1.29, 1.82) is 5.26 Å². The molecule has 640 valence electrons. The number of aliphatic hydroxyl groups excluding tert-OH is 1. The fraction of sp³-hybridized carbons (Fsp3) is 0.170. The molecule has 12 rings (SSSR count). The van der Waals surface area contributed by atoms with Crippen LogP contribution in [-0.2, 0) is 14.3 Å². The summed E-state index contributed by atoms with van der Waals surface area (Å²) in [5, 5.41) is 59.0. The molecule has 0 radical (unpaired) electrons. The largest absolute Gasteiger partial charge is 0.491 e. The van der Waals surface area contributed by atoms with Crippen LogP contribution < -0.4 is 67.4 Å². The Labute approximate surface area is 724 Å². The molecule has 0 fully saturated rings. The van der Waals surface area contributed by atoms with E-state index in [1.165, 1.54) is 6.08 Å². The monoisotopic (exact) mass is 1690 g/mol. The van der Waals surface area contributed by atoms with Crippen LogP contribution in [0.15, 0.2) is 274 Å². The van der Waals surface area contributed by atoms with Crippen LogP contribution in [0.3, 0.4) is 0 Å². The van der Waals surface area contributed by atoms with E-state index in [9.17, 15) is 33.4 Å². The Morgan fingerprint density at radius 3 is 1.47 bits per heavy atom. The second-order valence-corrected chi connectivity index (χ2v) is 28.4. The van der Waals surface area contributed by atoms with Gasteiger partial charge in [-0.05, 0) is 219 Å². The molecule has 8 aromatic carbocycles. The smallest absolute Gasteiger partial charge is 0.248 e. The number of hydrogen-bond acceptors (Lipinski definition) is 27. The standard InChI is InChI=1S/C26H28N6O2.C23H22FN5O3.C23H24FN5O3.C22H22N4O/c1-5-15-34-23-12-7-11-22(17-23)30-26-27-18-19(2)25(31-26)29-21-10-6-9-20(16-21)28-24(33)13-8-14-32(3)4;1-15(13-25)21(30)16-4-3-5-18(12-16)27-22-20(24)14-26-23(29-22)28-17-6-8-19(9-7-17)32-11-10-31-2;1-4-20(30)26-16-6-5-7-17(12-16)27-21-19(24)13-25-22(29-21)28-15-8-10-18(11-9-15)32-14-23(2,3)31;1-15(2)13-20(27)17-9-11-19(12-10-17)24-21-16(3)14-23-22(26-21)25-18-7-5-4-6-8-18/h1,6-13,16-18H,14-15H2,2-4H3,(H,28,33)(H2,27,29,30,31);3-9,12,14,21,30H,1,10-11H2,2H3,(H2,26,27,28,29);4-13,31H,1,14H2,2-3H3,(H,26,30)(H2,25,27,28,29);4-14H,1-3H3,(H2,23,24,25,26)/b13-8+;;;. The van der Waals surface area contributed by atoms with Crippen molar-refractivity contribution in [1.82, 2.24) is 44.8 Å². The number of ketones is 1. The number of halogens is 2. The van der Waals surface area contributed by atoms with Gasteiger partial charge in [0.25, 0.3) is 0 Å². The molecule has 0 aliphatic rings. The van der Waals surface area contributed by atoms with Gasteiger partial charge in [-0.3, -0.25) is 14.4 Å². The van der Waals surface area contributed by atoms with Gasteiger partial charge in [-0.25, -0.2) is 28.7 Å². The predicted molar refractivity (Wildman–Crippen MR) is 487 cm³/mol. The van der Waals surface area contributed by atoms with E-state index < -0.39 is 23.3 Å². The van der Waals surface area contributed by atoms with Crippen molar-refractivity contribution >= 4 is 122 Å². The second-order valence-electron chi connectivity index (χ2n) is 28.4. The number of rotatable bonds is 35. The molecule has 12 aromatic rings. The molecular formula is C94H96F2N20O9. The molecule has 1 atom stereocenters. The van der Waals surface area contributed by atoms with E-state index in [0.29, 0.717) is 106 Å². The highest BCUT2D eigenvalue weighted by Crippen LogP contribution is 2.31. The summed E-state index contributed by atoms with van der Waals surface area (Å²) in [6.07, 6.45) is 15.9. The Balaban J connectivity index is 0.000000189. The van der Waals surface area contributed by atoms with E-state index in [0.717, 1.165) is 57.9 Å². The molecule has 0 spiro atoms. The number of allylic oxidation sites excluding steroid dienone is 2. The van der Waals surface area contributed by atoms with Crippen LogP contribution in [0, 0.1) is 49.2 Å². The highest BCUT2D eigenvalue weighted by molar-refractivity contribution is 6.05. The van der Waals surface area contributed by atoms with E-state index in [-0.39, 0.29) is 59.9 Å². The molecule has 31 heteroatoms. The van der Waals surface area contributed by atoms with Crippen molar-refractivity contribution in [3.8, 4) is 35.7 Å². The summed E-state index contributed by atoms with van der Waals surface area (Å²) < 4.78 is 50.0. The molecule has 0 saturated heterocycles. The second kappa shape index (κ2) is 47.3. The first-order valence-corrected chi connectivity index (χ1v) is 38.8. The summed E-state index contributed by atoms with van der Waals surface area (Å²) in [5.41, 5.74) is 9.90. The fourth-order valence-electron chi connectivity index (χ4n) is 10.6. The summed E-state index contributed by atoms with van der Waals surface area (Å²) in [6, 6.07) is 61.3. The molecule has 2 amide bonds. The Hall–Kier alpha value is -15.8. The zero-order valence-electron chi connectivity index (χ0n) is 70.3. The Morgan fingerprint density at radius 1 is 0.536 bits per heavy atom. The Bertz CT molecular complexity index is 5790. The number of hydrogen-bond donors (Lipinski definition) is 12. The Kier molecular flexibility index (Phi) is 35.2. The number of amides is 2. The van der Waals surface area contributed by atoms with E-state index >= 15 is 0 Å². The lowest BCUT2D eigenvalue weighted by Gasteiger charge is -2.17. The normalized spacial score (nSPS) is 10.8. The number of anilines is 18. The van der Waals surface area contributed by atoms with Gasteiger partial charge in [-0.2, -0.15) is 25.2 Å². The van der Waals surface area contributed by atoms with Gasteiger partial charge < -0.3 is 87.2 Å². The number of aliphatic hydroxyl groups is 2. The number of para-hydroxylation sites is 1. The van der Waals surface area contributed by atoms with Crippen LogP contribution in [0.4, 0.5) is 113 Å². The molecule has 12 N–H and O–H groups in total. The third-order valence-corrected chi connectivity index (χ3v) is 16.7. The van der Waals surface area contributed by atoms with Crippen molar-refractivity contribution in [2.75, 3.05) is 107 Å². The van der Waals surface area contributed by atoms with Gasteiger partial charge >= 0.3 is 0 Å². The summed E-state index contributed by atoms with van der Waals surface area (Å²) in [6.45, 7) is 19.9. The third kappa shape index (κ3) is 32.0. The summed E-state index contributed by atoms with van der Waals surface area (Å²) in [4.78, 5) is 71.8. The zero-order valence-corrected chi connectivity index (χ0v) is 70.3. The van der Waals surface area contributed by atoms with Gasteiger partial charge in [0.2, 0.25) is 35.6 Å². The maximum absolute atomic E-state index is 14.3. The highest BCUT2D eigenvalue weighted by Gasteiger charge is 2.18. The van der Waals surface area contributed by atoms with Crippen molar-refractivity contribution in [2.45, 2.75) is 53.2 Å². The summed E-state index contributed by atoms with van der Waals surface area (Å²) >= 11 is 0. The number of carbonyl (C=O) groups excluding carboxylic acids is 3. The van der Waals surface area contributed by atoms with Crippen LogP contribution in [-0.4, -0.2) is 132 Å². The number of aryl methyl sites for hydroxylation is 2. The molecule has 4 heterocycles. The number of nitriles is 1. The van der Waals surface area contributed by atoms with Crippen molar-refractivity contribution < 1.29 is 52.3 Å². The number of ether oxygens (including phenoxy) is 4. The first-order chi connectivity index (χ1) is 60.1. The Morgan fingerprint density at radius 2 is 0.968 bits per heavy atom. The van der Waals surface area contributed by atoms with E-state index in [1.54, 1.807) is 136 Å². The van der Waals surface area contributed by atoms with Crippen molar-refractivity contribution in [3.63, 3.8) is 0 Å². The molecule has 1 unspecified atom stereocenters. The lowest BCUT2D eigenvalue weighted by molar-refractivity contribution is -0.112. The lowest BCUT2D eigenvalue weighted by atomic mass is 10.0. The first-order valence-electron chi connectivity index (χ1n) is 38.8. The minimum Gasteiger partial charge on any atom is -0.491 e. The fourth-order valence-corrected chi connectivity index (χ4v) is 10.6. The quantitative estimate of drug-likeness (QED) is 0.00577. The van der Waals surface area contributed by atoms with Gasteiger partial charge in [0.1, 0.15) is 54.8 Å². The highest BCUT2D eigenvalue weighted by atomic mass is 19.1. The van der Waals surface area contributed by atoms with Gasteiger partial charge in [0, 0.05) is 112 Å². The zero-order chi connectivity index (χ0) is 89.6. The average molecular weight is 1690 g/mol. The van der Waals surface area contributed by atoms with Crippen LogP contribution in [0.2, 0.25) is 0 Å². The number of nitrogens with one attached hydrogen (secondary N) is 10. The molecule has 0 saturated carbocycles. The van der Waals surface area contributed by atoms with E-state index in [4.69, 9.17) is 30.6 Å². The molecule has 0 bridgehead atoms. The topological polar surface area (TPSA) is 379 Å². The molecular weight excluding hydrogens is 1590 g/mol. The van der Waals surface area contributed by atoms with E-state index in [2.05, 4.69) is 112 Å². The van der Waals surface area contributed by atoms with Crippen molar-refractivity contribution in [2.24, 2.45) is 0 Å². The number of benzene rings is 8. The summed E-state index contributed by atoms with van der Waals surface area (Å²) in [5.74, 6) is 5.20. The van der Waals surface area contributed by atoms with Gasteiger partial charge in [0.15, 0.2) is 29.1 Å².